The molecule has 1 aromatic rings. The summed E-state index contributed by atoms with van der Waals surface area (Å²) >= 11 is 1.74. The summed E-state index contributed by atoms with van der Waals surface area (Å²) in [5, 5.41) is 10.0. The van der Waals surface area contributed by atoms with E-state index in [1.54, 1.807) is 18.0 Å². The average molecular weight is 283 g/mol. The summed E-state index contributed by atoms with van der Waals surface area (Å²) in [6.07, 6.45) is 5.56. The van der Waals surface area contributed by atoms with Crippen LogP contribution in [-0.4, -0.2) is 47.4 Å². The third kappa shape index (κ3) is 3.51. The molecule has 106 valence electrons. The van der Waals surface area contributed by atoms with Crippen LogP contribution < -0.4 is 5.32 Å². The summed E-state index contributed by atoms with van der Waals surface area (Å²) in [5.74, 6) is 1.17. The zero-order valence-corrected chi connectivity index (χ0v) is 12.3. The molecule has 1 aliphatic rings. The number of nitrogens with one attached hydrogen (secondary N) is 2. The van der Waals surface area contributed by atoms with Gasteiger partial charge in [0.05, 0.1) is 24.1 Å². The summed E-state index contributed by atoms with van der Waals surface area (Å²) in [6.45, 7) is 3.52. The van der Waals surface area contributed by atoms with Crippen molar-refractivity contribution < 1.29 is 9.53 Å². The summed E-state index contributed by atoms with van der Waals surface area (Å²) < 4.78 is 5.37. The lowest BCUT2D eigenvalue weighted by Crippen LogP contribution is -2.36. The third-order valence-electron chi connectivity index (χ3n) is 3.45. The minimum absolute atomic E-state index is 0.0310. The molecule has 2 atom stereocenters. The highest BCUT2D eigenvalue weighted by molar-refractivity contribution is 7.98. The zero-order valence-electron chi connectivity index (χ0n) is 11.4. The summed E-state index contributed by atoms with van der Waals surface area (Å²) in [6, 6.07) is 0.213. The van der Waals surface area contributed by atoms with E-state index in [1.807, 2.05) is 6.26 Å². The van der Waals surface area contributed by atoms with E-state index in [2.05, 4.69) is 22.4 Å². The predicted molar refractivity (Wildman–Crippen MR) is 76.7 cm³/mol. The highest BCUT2D eigenvalue weighted by Crippen LogP contribution is 2.26. The summed E-state index contributed by atoms with van der Waals surface area (Å²) in [4.78, 5) is 12.3. The van der Waals surface area contributed by atoms with Crippen molar-refractivity contribution in [2.24, 2.45) is 0 Å². The number of thioether (sulfide) groups is 1. The fraction of sp³-hybridized carbons (Fsp3) is 0.692. The molecule has 0 bridgehead atoms. The van der Waals surface area contributed by atoms with Gasteiger partial charge in [-0.05, 0) is 19.1 Å². The Morgan fingerprint density at radius 1 is 1.74 bits per heavy atom. The molecule has 0 radical (unpaired) electrons. The van der Waals surface area contributed by atoms with Crippen molar-refractivity contribution in [2.75, 3.05) is 25.2 Å². The van der Waals surface area contributed by atoms with E-state index < -0.39 is 0 Å². The van der Waals surface area contributed by atoms with Crippen LogP contribution in [-0.2, 0) is 4.74 Å². The highest BCUT2D eigenvalue weighted by Gasteiger charge is 2.25. The molecule has 1 amide bonds. The molecule has 1 fully saturated rings. The van der Waals surface area contributed by atoms with E-state index in [1.165, 1.54) is 0 Å². The van der Waals surface area contributed by atoms with Crippen molar-refractivity contribution in [2.45, 2.75) is 31.7 Å². The van der Waals surface area contributed by atoms with Gasteiger partial charge in [-0.15, -0.1) is 0 Å². The molecule has 0 saturated carbocycles. The van der Waals surface area contributed by atoms with Crippen LogP contribution in [0.5, 0.6) is 0 Å². The van der Waals surface area contributed by atoms with Crippen molar-refractivity contribution in [1.29, 1.82) is 0 Å². The number of rotatable bonds is 6. The number of aromatic nitrogens is 2. The Balaban J connectivity index is 2.04. The lowest BCUT2D eigenvalue weighted by atomic mass is 10.0. The lowest BCUT2D eigenvalue weighted by molar-refractivity contribution is 0.0938. The highest BCUT2D eigenvalue weighted by atomic mass is 32.2. The third-order valence-corrected chi connectivity index (χ3v) is 4.18. The van der Waals surface area contributed by atoms with E-state index in [0.717, 1.165) is 30.9 Å². The van der Waals surface area contributed by atoms with Crippen molar-refractivity contribution in [3.63, 3.8) is 0 Å². The van der Waals surface area contributed by atoms with E-state index >= 15 is 0 Å². The molecule has 6 heteroatoms. The first-order valence-electron chi connectivity index (χ1n) is 6.67. The number of hydrogen-bond donors (Lipinski definition) is 2. The lowest BCUT2D eigenvalue weighted by Gasteiger charge is -2.16. The Bertz CT molecular complexity index is 416. The number of carbonyl (C=O) groups excluding carboxylic acids is 1. The Hall–Kier alpha value is -1.01. The minimum Gasteiger partial charge on any atom is -0.381 e. The van der Waals surface area contributed by atoms with E-state index in [-0.39, 0.29) is 17.9 Å². The molecule has 0 spiro atoms. The molecule has 0 aromatic carbocycles. The number of hydrogen-bond acceptors (Lipinski definition) is 4. The van der Waals surface area contributed by atoms with Crippen LogP contribution >= 0.6 is 11.8 Å². The number of H-pyrrole nitrogens is 1. The van der Waals surface area contributed by atoms with Crippen molar-refractivity contribution in [1.82, 2.24) is 15.5 Å². The fourth-order valence-corrected chi connectivity index (χ4v) is 3.00. The number of ether oxygens (including phenoxy) is 1. The van der Waals surface area contributed by atoms with Crippen LogP contribution in [0.2, 0.25) is 0 Å². The maximum absolute atomic E-state index is 12.3. The second-order valence-electron chi connectivity index (χ2n) is 4.79. The average Bonchev–Trinajstić information content (AvgIpc) is 3.07. The fourth-order valence-electron chi connectivity index (χ4n) is 2.28. The van der Waals surface area contributed by atoms with E-state index in [4.69, 9.17) is 4.74 Å². The van der Waals surface area contributed by atoms with Crippen LogP contribution in [0.15, 0.2) is 6.20 Å². The van der Waals surface area contributed by atoms with Gasteiger partial charge in [-0.2, -0.15) is 16.9 Å². The van der Waals surface area contributed by atoms with E-state index in [0.29, 0.717) is 12.2 Å². The Morgan fingerprint density at radius 2 is 2.58 bits per heavy atom. The standard InChI is InChI=1S/C13H21N3O2S/c1-3-10(8-19-2)15-13(17)11-6-14-16-12(11)9-4-5-18-7-9/h6,9-10H,3-5,7-8H2,1-2H3,(H,14,16)(H,15,17)/t9-,10+/m1/s1. The molecule has 0 aliphatic carbocycles. The first kappa shape index (κ1) is 14.4. The molecular weight excluding hydrogens is 262 g/mol. The zero-order chi connectivity index (χ0) is 13.7. The monoisotopic (exact) mass is 283 g/mol. The van der Waals surface area contributed by atoms with Crippen LogP contribution in [0.25, 0.3) is 0 Å². The summed E-state index contributed by atoms with van der Waals surface area (Å²) in [7, 11) is 0. The molecule has 2 heterocycles. The van der Waals surface area contributed by atoms with Gasteiger partial charge in [0.25, 0.3) is 5.91 Å². The van der Waals surface area contributed by atoms with Gasteiger partial charge in [-0.1, -0.05) is 6.92 Å². The van der Waals surface area contributed by atoms with Gasteiger partial charge in [-0.25, -0.2) is 0 Å². The first-order chi connectivity index (χ1) is 9.26. The minimum atomic E-state index is -0.0310. The molecule has 19 heavy (non-hydrogen) atoms. The molecule has 5 nitrogen and oxygen atoms in total. The van der Waals surface area contributed by atoms with Gasteiger partial charge in [0, 0.05) is 24.3 Å². The van der Waals surface area contributed by atoms with Gasteiger partial charge in [0.2, 0.25) is 0 Å². The van der Waals surface area contributed by atoms with Crippen LogP contribution in [0, 0.1) is 0 Å². The van der Waals surface area contributed by atoms with Crippen molar-refractivity contribution >= 4 is 17.7 Å². The van der Waals surface area contributed by atoms with Crippen molar-refractivity contribution in [3.8, 4) is 0 Å². The molecule has 0 unspecified atom stereocenters. The van der Waals surface area contributed by atoms with Crippen LogP contribution in [0.4, 0.5) is 0 Å². The first-order valence-corrected chi connectivity index (χ1v) is 8.06. The quantitative estimate of drug-likeness (QED) is 0.835. The molecule has 1 saturated heterocycles. The van der Waals surface area contributed by atoms with Gasteiger partial charge in [-0.3, -0.25) is 9.89 Å². The second kappa shape index (κ2) is 6.96. The SMILES string of the molecule is CC[C@@H](CSC)NC(=O)c1cn[nH]c1[C@@H]1CCOC1. The Morgan fingerprint density at radius 3 is 3.21 bits per heavy atom. The van der Waals surface area contributed by atoms with Crippen LogP contribution in [0.3, 0.4) is 0 Å². The Labute approximate surface area is 117 Å². The summed E-state index contributed by atoms with van der Waals surface area (Å²) in [5.41, 5.74) is 1.57. The van der Waals surface area contributed by atoms with Gasteiger partial charge in [0.1, 0.15) is 0 Å². The van der Waals surface area contributed by atoms with E-state index in [9.17, 15) is 4.79 Å². The molecule has 2 N–H and O–H groups in total. The molecule has 1 aliphatic heterocycles. The maximum Gasteiger partial charge on any atom is 0.255 e. The molecule has 2 rings (SSSR count). The van der Waals surface area contributed by atoms with Crippen molar-refractivity contribution in [3.05, 3.63) is 17.5 Å². The number of aromatic amines is 1. The maximum atomic E-state index is 12.3. The molecule has 1 aromatic heterocycles. The van der Waals surface area contributed by atoms with Gasteiger partial charge < -0.3 is 10.1 Å². The number of nitrogens with zero attached hydrogens (tertiary/aromatic N) is 1. The second-order valence-corrected chi connectivity index (χ2v) is 5.70. The van der Waals surface area contributed by atoms with Gasteiger partial charge in [0.15, 0.2) is 0 Å². The normalized spacial score (nSPS) is 20.4. The molecular formula is C13H21N3O2S. The Kier molecular flexibility index (Phi) is 5.27. The smallest absolute Gasteiger partial charge is 0.255 e. The topological polar surface area (TPSA) is 67.0 Å². The number of carbonyl (C=O) groups is 1. The van der Waals surface area contributed by atoms with Crippen LogP contribution in [0.1, 0.15) is 41.7 Å². The predicted octanol–water partition coefficient (Wildman–Crippen LogP) is 1.78. The largest absolute Gasteiger partial charge is 0.381 e. The van der Waals surface area contributed by atoms with Gasteiger partial charge >= 0.3 is 0 Å². The number of amides is 1.